The van der Waals surface area contributed by atoms with Gasteiger partial charge >= 0.3 is 0 Å². The van der Waals surface area contributed by atoms with Crippen molar-refractivity contribution in [1.82, 2.24) is 5.32 Å². The first kappa shape index (κ1) is 17.4. The highest BCUT2D eigenvalue weighted by atomic mass is 19.1. The molecule has 4 nitrogen and oxygen atoms in total. The molecule has 1 aromatic carbocycles. The van der Waals surface area contributed by atoms with Crippen LogP contribution in [-0.4, -0.2) is 25.1 Å². The average Bonchev–Trinajstić information content (AvgIpc) is 2.50. The maximum absolute atomic E-state index is 13.5. The van der Waals surface area contributed by atoms with Crippen LogP contribution < -0.4 is 15.8 Å². The minimum Gasteiger partial charge on any atom is -0.486 e. The van der Waals surface area contributed by atoms with Crippen LogP contribution >= 0.6 is 0 Å². The Morgan fingerprint density at radius 2 is 2.00 bits per heavy atom. The Hall–Kier alpha value is -1.62. The van der Waals surface area contributed by atoms with E-state index < -0.39 is 11.2 Å². The van der Waals surface area contributed by atoms with E-state index in [2.05, 4.69) is 5.32 Å². The first-order chi connectivity index (χ1) is 9.99. The summed E-state index contributed by atoms with van der Waals surface area (Å²) >= 11 is 0. The number of amides is 1. The van der Waals surface area contributed by atoms with Gasteiger partial charge in [-0.3, -0.25) is 4.79 Å². The number of nitrogens with one attached hydrogen (secondary N) is 1. The molecule has 0 aliphatic heterocycles. The fraction of sp³-hybridized carbons (Fsp3) is 0.562. The van der Waals surface area contributed by atoms with Gasteiger partial charge in [-0.25, -0.2) is 4.39 Å². The lowest BCUT2D eigenvalue weighted by Gasteiger charge is -2.29. The molecule has 0 spiro atoms. The van der Waals surface area contributed by atoms with Gasteiger partial charge < -0.3 is 15.8 Å². The summed E-state index contributed by atoms with van der Waals surface area (Å²) < 4.78 is 19.0. The number of halogens is 1. The molecular formula is C16H25FN2O2. The Bertz CT molecular complexity index is 453. The van der Waals surface area contributed by atoms with Gasteiger partial charge in [-0.1, -0.05) is 26.0 Å². The van der Waals surface area contributed by atoms with Crippen molar-refractivity contribution in [1.29, 1.82) is 0 Å². The molecule has 1 rings (SSSR count). The van der Waals surface area contributed by atoms with Gasteiger partial charge in [-0.05, 0) is 31.9 Å². The van der Waals surface area contributed by atoms with E-state index in [0.29, 0.717) is 25.9 Å². The Morgan fingerprint density at radius 3 is 2.52 bits per heavy atom. The van der Waals surface area contributed by atoms with E-state index in [1.807, 2.05) is 13.8 Å². The third kappa shape index (κ3) is 4.43. The highest BCUT2D eigenvalue weighted by molar-refractivity contribution is 5.82. The van der Waals surface area contributed by atoms with Crippen molar-refractivity contribution in [2.75, 3.05) is 13.1 Å². The first-order valence-electron chi connectivity index (χ1n) is 7.38. The molecule has 1 amide bonds. The van der Waals surface area contributed by atoms with E-state index in [9.17, 15) is 9.18 Å². The molecule has 0 saturated heterocycles. The van der Waals surface area contributed by atoms with Crippen LogP contribution in [0, 0.1) is 11.2 Å². The number of carbonyl (C=O) groups is 1. The Balaban J connectivity index is 2.55. The van der Waals surface area contributed by atoms with Crippen LogP contribution in [0.3, 0.4) is 0 Å². The van der Waals surface area contributed by atoms with Crippen LogP contribution in [0.4, 0.5) is 4.39 Å². The van der Waals surface area contributed by atoms with Crippen LogP contribution in [0.2, 0.25) is 0 Å². The molecular weight excluding hydrogens is 271 g/mol. The van der Waals surface area contributed by atoms with E-state index in [1.165, 1.54) is 6.07 Å². The van der Waals surface area contributed by atoms with E-state index in [4.69, 9.17) is 10.5 Å². The summed E-state index contributed by atoms with van der Waals surface area (Å²) in [5.74, 6) is -0.289. The first-order valence-corrected chi connectivity index (χ1v) is 7.38. The number of para-hydroxylation sites is 1. The number of nitrogens with two attached hydrogens (primary N) is 1. The smallest absolute Gasteiger partial charge is 0.227 e. The fourth-order valence-electron chi connectivity index (χ4n) is 2.18. The number of benzene rings is 1. The summed E-state index contributed by atoms with van der Waals surface area (Å²) in [7, 11) is 0. The second-order valence-electron chi connectivity index (χ2n) is 5.26. The molecule has 5 heteroatoms. The third-order valence-electron chi connectivity index (χ3n) is 3.94. The molecule has 0 aliphatic carbocycles. The lowest BCUT2D eigenvalue weighted by atomic mass is 9.81. The van der Waals surface area contributed by atoms with Crippen molar-refractivity contribution in [3.63, 3.8) is 0 Å². The summed E-state index contributed by atoms with van der Waals surface area (Å²) in [4.78, 5) is 12.3. The number of hydrogen-bond acceptors (Lipinski definition) is 3. The normalized spacial score (nSPS) is 12.8. The number of ether oxygens (including phenoxy) is 1. The van der Waals surface area contributed by atoms with Crippen molar-refractivity contribution >= 4 is 5.91 Å². The molecule has 0 bridgehead atoms. The van der Waals surface area contributed by atoms with E-state index in [-0.39, 0.29) is 17.8 Å². The van der Waals surface area contributed by atoms with Crippen molar-refractivity contribution in [3.05, 3.63) is 30.1 Å². The van der Waals surface area contributed by atoms with Gasteiger partial charge in [-0.15, -0.1) is 0 Å². The van der Waals surface area contributed by atoms with Crippen LogP contribution in [0.25, 0.3) is 0 Å². The largest absolute Gasteiger partial charge is 0.486 e. The van der Waals surface area contributed by atoms with Gasteiger partial charge in [0.2, 0.25) is 5.91 Å². The number of hydrogen-bond donors (Lipinski definition) is 2. The zero-order chi connectivity index (χ0) is 15.9. The average molecular weight is 296 g/mol. The van der Waals surface area contributed by atoms with E-state index in [0.717, 1.165) is 0 Å². The van der Waals surface area contributed by atoms with Crippen molar-refractivity contribution < 1.29 is 13.9 Å². The minimum atomic E-state index is -0.530. The van der Waals surface area contributed by atoms with Crippen LogP contribution in [-0.2, 0) is 4.79 Å². The van der Waals surface area contributed by atoms with Crippen molar-refractivity contribution in [2.24, 2.45) is 11.1 Å². The van der Waals surface area contributed by atoms with E-state index >= 15 is 0 Å². The number of rotatable bonds is 8. The molecule has 118 valence electrons. The van der Waals surface area contributed by atoms with Gasteiger partial charge in [0, 0.05) is 6.54 Å². The molecule has 1 atom stereocenters. The highest BCUT2D eigenvalue weighted by Gasteiger charge is 2.33. The maximum Gasteiger partial charge on any atom is 0.227 e. The predicted octanol–water partition coefficient (Wildman–Crippen LogP) is 2.47. The summed E-state index contributed by atoms with van der Waals surface area (Å²) in [5.41, 5.74) is 5.21. The third-order valence-corrected chi connectivity index (χ3v) is 3.94. The standard InChI is InChI=1S/C16H25FN2O2/c1-4-16(5-2,11-18)15(20)19-10-12(3)21-14-9-7-6-8-13(14)17/h6-9,12H,4-5,10-11,18H2,1-3H3,(H,19,20). The number of carbonyl (C=O) groups excluding carboxylic acids is 1. The fourth-order valence-corrected chi connectivity index (χ4v) is 2.18. The lowest BCUT2D eigenvalue weighted by molar-refractivity contribution is -0.131. The summed E-state index contributed by atoms with van der Waals surface area (Å²) in [6, 6.07) is 6.22. The molecule has 21 heavy (non-hydrogen) atoms. The van der Waals surface area contributed by atoms with Gasteiger partial charge in [0.1, 0.15) is 6.10 Å². The molecule has 0 saturated carbocycles. The Kier molecular flexibility index (Phi) is 6.62. The lowest BCUT2D eigenvalue weighted by Crippen LogP contribution is -2.47. The maximum atomic E-state index is 13.5. The zero-order valence-corrected chi connectivity index (χ0v) is 13.0. The second kappa shape index (κ2) is 7.98. The SMILES string of the molecule is CCC(CC)(CN)C(=O)NCC(C)Oc1ccccc1F. The Labute approximate surface area is 125 Å². The Morgan fingerprint density at radius 1 is 1.38 bits per heavy atom. The molecule has 3 N–H and O–H groups in total. The van der Waals surface area contributed by atoms with Crippen LogP contribution in [0.1, 0.15) is 33.6 Å². The van der Waals surface area contributed by atoms with Crippen molar-refractivity contribution in [3.8, 4) is 5.75 Å². The quantitative estimate of drug-likeness (QED) is 0.774. The molecule has 0 aromatic heterocycles. The summed E-state index contributed by atoms with van der Waals surface area (Å²) in [6.45, 7) is 6.32. The van der Waals surface area contributed by atoms with Gasteiger partial charge in [0.25, 0.3) is 0 Å². The molecule has 0 radical (unpaired) electrons. The molecule has 0 heterocycles. The molecule has 1 unspecified atom stereocenters. The predicted molar refractivity (Wildman–Crippen MR) is 81.6 cm³/mol. The second-order valence-corrected chi connectivity index (χ2v) is 5.26. The van der Waals surface area contributed by atoms with Gasteiger partial charge in [0.05, 0.1) is 12.0 Å². The van der Waals surface area contributed by atoms with Crippen LogP contribution in [0.15, 0.2) is 24.3 Å². The monoisotopic (exact) mass is 296 g/mol. The van der Waals surface area contributed by atoms with Crippen molar-refractivity contribution in [2.45, 2.75) is 39.7 Å². The topological polar surface area (TPSA) is 64.4 Å². The van der Waals surface area contributed by atoms with Gasteiger partial charge in [0.15, 0.2) is 11.6 Å². The summed E-state index contributed by atoms with van der Waals surface area (Å²) in [6.07, 6.45) is 1.05. The minimum absolute atomic E-state index is 0.0704. The zero-order valence-electron chi connectivity index (χ0n) is 13.0. The highest BCUT2D eigenvalue weighted by Crippen LogP contribution is 2.25. The molecule has 0 aliphatic rings. The summed E-state index contributed by atoms with van der Waals surface area (Å²) in [5, 5.41) is 2.85. The van der Waals surface area contributed by atoms with Gasteiger partial charge in [-0.2, -0.15) is 0 Å². The van der Waals surface area contributed by atoms with Crippen LogP contribution in [0.5, 0.6) is 5.75 Å². The molecule has 0 fully saturated rings. The van der Waals surface area contributed by atoms with E-state index in [1.54, 1.807) is 25.1 Å². The molecule has 1 aromatic rings.